The number of halogens is 2. The van der Waals surface area contributed by atoms with Crippen LogP contribution in [-0.4, -0.2) is 29.4 Å². The summed E-state index contributed by atoms with van der Waals surface area (Å²) in [5.41, 5.74) is 0.256. The SMILES string of the molecule is O=S(=O)(C1CCC1)n1nccc1N1CCC[C@@H]1c1cc(F)ccc1F. The van der Waals surface area contributed by atoms with Crippen molar-refractivity contribution in [1.29, 1.82) is 0 Å². The molecule has 1 aromatic carbocycles. The third-order valence-corrected chi connectivity index (χ3v) is 7.25. The molecule has 1 aliphatic heterocycles. The van der Waals surface area contributed by atoms with E-state index in [-0.39, 0.29) is 5.56 Å². The van der Waals surface area contributed by atoms with Gasteiger partial charge in [-0.1, -0.05) is 6.42 Å². The highest BCUT2D eigenvalue weighted by molar-refractivity contribution is 7.90. The van der Waals surface area contributed by atoms with E-state index in [0.717, 1.165) is 29.1 Å². The van der Waals surface area contributed by atoms with Crippen LogP contribution in [0.2, 0.25) is 0 Å². The zero-order chi connectivity index (χ0) is 17.6. The molecule has 1 aliphatic carbocycles. The van der Waals surface area contributed by atoms with Crippen LogP contribution < -0.4 is 4.90 Å². The van der Waals surface area contributed by atoms with Gasteiger partial charge in [0, 0.05) is 18.2 Å². The van der Waals surface area contributed by atoms with Crippen molar-refractivity contribution in [2.24, 2.45) is 0 Å². The molecule has 2 aromatic rings. The van der Waals surface area contributed by atoms with Gasteiger partial charge in [-0.15, -0.1) is 4.09 Å². The lowest BCUT2D eigenvalue weighted by atomic mass is 10.0. The number of hydrogen-bond donors (Lipinski definition) is 0. The molecule has 0 bridgehead atoms. The van der Waals surface area contributed by atoms with Crippen molar-refractivity contribution in [2.75, 3.05) is 11.4 Å². The van der Waals surface area contributed by atoms with Crippen LogP contribution in [-0.2, 0) is 10.0 Å². The van der Waals surface area contributed by atoms with Gasteiger partial charge in [-0.05, 0) is 43.9 Å². The quantitative estimate of drug-likeness (QED) is 0.833. The van der Waals surface area contributed by atoms with Crippen molar-refractivity contribution < 1.29 is 17.2 Å². The minimum Gasteiger partial charge on any atom is -0.349 e. The molecular formula is C17H19F2N3O2S. The zero-order valence-electron chi connectivity index (χ0n) is 13.6. The fourth-order valence-electron chi connectivity index (χ4n) is 3.63. The van der Waals surface area contributed by atoms with Crippen LogP contribution in [0.25, 0.3) is 0 Å². The maximum Gasteiger partial charge on any atom is 0.258 e. The van der Waals surface area contributed by atoms with E-state index in [1.54, 1.807) is 6.07 Å². The Morgan fingerprint density at radius 1 is 1.08 bits per heavy atom. The first-order chi connectivity index (χ1) is 12.0. The van der Waals surface area contributed by atoms with E-state index in [2.05, 4.69) is 5.10 Å². The lowest BCUT2D eigenvalue weighted by Gasteiger charge is -2.30. The molecule has 0 N–H and O–H groups in total. The number of nitrogens with zero attached hydrogens (tertiary/aromatic N) is 3. The Kier molecular flexibility index (Phi) is 4.02. The van der Waals surface area contributed by atoms with Gasteiger partial charge in [0.25, 0.3) is 10.0 Å². The molecule has 25 heavy (non-hydrogen) atoms. The smallest absolute Gasteiger partial charge is 0.258 e. The summed E-state index contributed by atoms with van der Waals surface area (Å²) in [4.78, 5) is 1.82. The minimum atomic E-state index is -3.55. The molecule has 0 spiro atoms. The monoisotopic (exact) mass is 367 g/mol. The average Bonchev–Trinajstić information content (AvgIpc) is 3.15. The van der Waals surface area contributed by atoms with E-state index in [1.165, 1.54) is 12.3 Å². The van der Waals surface area contributed by atoms with Crippen LogP contribution in [0.15, 0.2) is 30.5 Å². The molecule has 2 heterocycles. The number of aromatic nitrogens is 2. The topological polar surface area (TPSA) is 55.2 Å². The molecule has 4 rings (SSSR count). The predicted molar refractivity (Wildman–Crippen MR) is 89.9 cm³/mol. The summed E-state index contributed by atoms with van der Waals surface area (Å²) in [6, 6.07) is 4.63. The summed E-state index contributed by atoms with van der Waals surface area (Å²) >= 11 is 0. The predicted octanol–water partition coefficient (Wildman–Crippen LogP) is 3.23. The lowest BCUT2D eigenvalue weighted by Crippen LogP contribution is -2.36. The van der Waals surface area contributed by atoms with Gasteiger partial charge >= 0.3 is 0 Å². The second-order valence-electron chi connectivity index (χ2n) is 6.65. The van der Waals surface area contributed by atoms with E-state index < -0.39 is 32.9 Å². The minimum absolute atomic E-state index is 0.256. The van der Waals surface area contributed by atoms with Gasteiger partial charge < -0.3 is 4.90 Å². The summed E-state index contributed by atoms with van der Waals surface area (Å²) in [6.07, 6.45) is 5.04. The fourth-order valence-corrected chi connectivity index (χ4v) is 5.45. The molecule has 5 nitrogen and oxygen atoms in total. The Bertz CT molecular complexity index is 893. The Balaban J connectivity index is 1.73. The largest absolute Gasteiger partial charge is 0.349 e. The van der Waals surface area contributed by atoms with Crippen molar-refractivity contribution in [2.45, 2.75) is 43.4 Å². The first-order valence-electron chi connectivity index (χ1n) is 8.48. The van der Waals surface area contributed by atoms with E-state index in [4.69, 9.17) is 0 Å². The van der Waals surface area contributed by atoms with E-state index in [0.29, 0.717) is 31.6 Å². The Labute approximate surface area is 145 Å². The average molecular weight is 367 g/mol. The van der Waals surface area contributed by atoms with Crippen LogP contribution >= 0.6 is 0 Å². The normalized spacial score (nSPS) is 21.5. The number of benzene rings is 1. The molecular weight excluding hydrogens is 348 g/mol. The van der Waals surface area contributed by atoms with Gasteiger partial charge in [-0.25, -0.2) is 17.2 Å². The van der Waals surface area contributed by atoms with E-state index in [1.807, 2.05) is 4.90 Å². The van der Waals surface area contributed by atoms with Crippen LogP contribution in [0.1, 0.15) is 43.7 Å². The molecule has 1 saturated carbocycles. The van der Waals surface area contributed by atoms with E-state index >= 15 is 0 Å². The van der Waals surface area contributed by atoms with Crippen LogP contribution in [0.4, 0.5) is 14.6 Å². The van der Waals surface area contributed by atoms with Crippen molar-refractivity contribution in [3.05, 3.63) is 47.7 Å². The Morgan fingerprint density at radius 2 is 1.88 bits per heavy atom. The fraction of sp³-hybridized carbons (Fsp3) is 0.471. The molecule has 0 amide bonds. The summed E-state index contributed by atoms with van der Waals surface area (Å²) < 4.78 is 54.4. The third-order valence-electron chi connectivity index (χ3n) is 5.17. The summed E-state index contributed by atoms with van der Waals surface area (Å²) in [5.74, 6) is -0.553. The molecule has 134 valence electrons. The van der Waals surface area contributed by atoms with Gasteiger partial charge in [0.15, 0.2) is 0 Å². The molecule has 1 saturated heterocycles. The number of rotatable bonds is 4. The summed E-state index contributed by atoms with van der Waals surface area (Å²) in [7, 11) is -3.55. The molecule has 1 aromatic heterocycles. The van der Waals surface area contributed by atoms with Crippen molar-refractivity contribution in [1.82, 2.24) is 9.19 Å². The van der Waals surface area contributed by atoms with Gasteiger partial charge in [-0.2, -0.15) is 5.10 Å². The Hall–Kier alpha value is -1.96. The maximum absolute atomic E-state index is 14.2. The highest BCUT2D eigenvalue weighted by Gasteiger charge is 2.37. The van der Waals surface area contributed by atoms with Crippen molar-refractivity contribution in [3.63, 3.8) is 0 Å². The van der Waals surface area contributed by atoms with Gasteiger partial charge in [0.05, 0.1) is 17.5 Å². The number of hydrogen-bond acceptors (Lipinski definition) is 4. The third kappa shape index (κ3) is 2.72. The van der Waals surface area contributed by atoms with Crippen molar-refractivity contribution in [3.8, 4) is 0 Å². The molecule has 1 atom stereocenters. The van der Waals surface area contributed by atoms with Crippen LogP contribution in [0, 0.1) is 11.6 Å². The van der Waals surface area contributed by atoms with E-state index in [9.17, 15) is 17.2 Å². The molecule has 2 aliphatic rings. The first kappa shape index (κ1) is 16.5. The highest BCUT2D eigenvalue weighted by Crippen LogP contribution is 2.39. The van der Waals surface area contributed by atoms with Crippen LogP contribution in [0.3, 0.4) is 0 Å². The molecule has 0 unspecified atom stereocenters. The Morgan fingerprint density at radius 3 is 2.60 bits per heavy atom. The second-order valence-corrected chi connectivity index (χ2v) is 8.69. The van der Waals surface area contributed by atoms with Gasteiger partial charge in [0.1, 0.15) is 17.5 Å². The van der Waals surface area contributed by atoms with Gasteiger partial charge in [0.2, 0.25) is 0 Å². The second kappa shape index (κ2) is 6.09. The summed E-state index contributed by atoms with van der Waals surface area (Å²) in [5, 5.41) is 3.62. The summed E-state index contributed by atoms with van der Waals surface area (Å²) in [6.45, 7) is 0.576. The van der Waals surface area contributed by atoms with Crippen molar-refractivity contribution >= 4 is 15.8 Å². The number of anilines is 1. The first-order valence-corrected chi connectivity index (χ1v) is 9.99. The molecule has 2 fully saturated rings. The van der Waals surface area contributed by atoms with Gasteiger partial charge in [-0.3, -0.25) is 0 Å². The molecule has 0 radical (unpaired) electrons. The maximum atomic E-state index is 14.2. The molecule has 8 heteroatoms. The zero-order valence-corrected chi connectivity index (χ0v) is 14.4. The lowest BCUT2D eigenvalue weighted by molar-refractivity contribution is 0.468. The van der Waals surface area contributed by atoms with Crippen LogP contribution in [0.5, 0.6) is 0 Å². The highest BCUT2D eigenvalue weighted by atomic mass is 32.2. The standard InChI is InChI=1S/C17H19F2N3O2S/c18-12-6-7-15(19)14(11-12)16-5-2-10-21(16)17-8-9-20-22(17)25(23,24)13-3-1-4-13/h6-9,11,13,16H,1-5,10H2/t16-/m1/s1.